The maximum atomic E-state index is 6.13. The third-order valence-corrected chi connectivity index (χ3v) is 4.61. The molecule has 1 N–H and O–H groups in total. The summed E-state index contributed by atoms with van der Waals surface area (Å²) in [6.45, 7) is 4.52. The number of hydrogen-bond acceptors (Lipinski definition) is 2. The van der Waals surface area contributed by atoms with Crippen molar-refractivity contribution in [1.82, 2.24) is 14.5 Å². The molecule has 1 aliphatic heterocycles. The van der Waals surface area contributed by atoms with Crippen molar-refractivity contribution in [3.63, 3.8) is 0 Å². The number of imidazole rings is 1. The van der Waals surface area contributed by atoms with E-state index in [0.717, 1.165) is 40.3 Å². The molecule has 0 radical (unpaired) electrons. The zero-order valence-electron chi connectivity index (χ0n) is 11.2. The Morgan fingerprint density at radius 1 is 1.42 bits per heavy atom. The van der Waals surface area contributed by atoms with Crippen LogP contribution >= 0.6 is 23.8 Å². The first-order valence-corrected chi connectivity index (χ1v) is 7.43. The van der Waals surface area contributed by atoms with Crippen LogP contribution < -0.4 is 0 Å². The smallest absolute Gasteiger partial charge is 0.178 e. The van der Waals surface area contributed by atoms with E-state index in [4.69, 9.17) is 23.8 Å². The largest absolute Gasteiger partial charge is 0.331 e. The minimum Gasteiger partial charge on any atom is -0.331 e. The number of H-pyrrole nitrogens is 1. The van der Waals surface area contributed by atoms with Gasteiger partial charge >= 0.3 is 0 Å². The Hall–Kier alpha value is -0.840. The first-order chi connectivity index (χ1) is 9.06. The van der Waals surface area contributed by atoms with Gasteiger partial charge < -0.3 is 14.5 Å². The van der Waals surface area contributed by atoms with Crippen molar-refractivity contribution in [2.45, 2.75) is 19.4 Å². The lowest BCUT2D eigenvalue weighted by Gasteiger charge is -2.35. The summed E-state index contributed by atoms with van der Waals surface area (Å²) in [5.74, 6) is 0.587. The molecule has 3 nitrogen and oxygen atoms in total. The number of benzene rings is 1. The van der Waals surface area contributed by atoms with Crippen LogP contribution in [-0.4, -0.2) is 34.6 Å². The lowest BCUT2D eigenvalue weighted by atomic mass is 9.94. The zero-order valence-corrected chi connectivity index (χ0v) is 12.8. The number of fused-ring (bicyclic) bond motifs is 1. The summed E-state index contributed by atoms with van der Waals surface area (Å²) in [4.78, 5) is 5.67. The number of piperidine rings is 1. The van der Waals surface area contributed by atoms with E-state index in [1.54, 1.807) is 0 Å². The Kier molecular flexibility index (Phi) is 3.41. The van der Waals surface area contributed by atoms with E-state index in [1.807, 2.05) is 18.2 Å². The van der Waals surface area contributed by atoms with Crippen molar-refractivity contribution in [2.24, 2.45) is 5.92 Å². The number of hydrogen-bond donors (Lipinski definition) is 1. The molecule has 2 unspecified atom stereocenters. The van der Waals surface area contributed by atoms with Gasteiger partial charge in [0.1, 0.15) is 0 Å². The van der Waals surface area contributed by atoms with Crippen molar-refractivity contribution >= 4 is 34.9 Å². The molecule has 1 aromatic heterocycles. The zero-order chi connectivity index (χ0) is 13.6. The molecule has 0 saturated carbocycles. The molecule has 0 bridgehead atoms. The summed E-state index contributed by atoms with van der Waals surface area (Å²) in [5.41, 5.74) is 2.19. The third-order valence-electron chi connectivity index (χ3n) is 4.07. The highest BCUT2D eigenvalue weighted by molar-refractivity contribution is 7.71. The van der Waals surface area contributed by atoms with E-state index in [0.29, 0.717) is 12.0 Å². The predicted octanol–water partition coefficient (Wildman–Crippen LogP) is 3.86. The van der Waals surface area contributed by atoms with Crippen LogP contribution in [0.4, 0.5) is 0 Å². The summed E-state index contributed by atoms with van der Waals surface area (Å²) in [6, 6.07) is 6.37. The molecule has 1 fully saturated rings. The quantitative estimate of drug-likeness (QED) is 0.808. The molecule has 1 aromatic carbocycles. The standard InChI is InChI=1S/C14H18ClN3S/c1-9-8-17(2)6-5-12(9)18-13-7-10(15)3-4-11(13)16-14(18)19/h3-4,7,9,12H,5-6,8H2,1-2H3,(H,16,19). The lowest BCUT2D eigenvalue weighted by molar-refractivity contribution is 0.160. The van der Waals surface area contributed by atoms with Crippen molar-refractivity contribution in [1.29, 1.82) is 0 Å². The molecule has 102 valence electrons. The number of likely N-dealkylation sites (tertiary alicyclic amines) is 1. The second kappa shape index (κ2) is 4.93. The molecular weight excluding hydrogens is 278 g/mol. The van der Waals surface area contributed by atoms with Gasteiger partial charge in [-0.3, -0.25) is 0 Å². The van der Waals surface area contributed by atoms with Gasteiger partial charge in [0.25, 0.3) is 0 Å². The van der Waals surface area contributed by atoms with Crippen molar-refractivity contribution in [2.75, 3.05) is 20.1 Å². The molecule has 1 aliphatic rings. The summed E-state index contributed by atoms with van der Waals surface area (Å²) in [7, 11) is 2.18. The van der Waals surface area contributed by atoms with Crippen LogP contribution in [0, 0.1) is 10.7 Å². The minimum absolute atomic E-state index is 0.455. The fraction of sp³-hybridized carbons (Fsp3) is 0.500. The Labute approximate surface area is 123 Å². The molecule has 2 aromatic rings. The Balaban J connectivity index is 2.11. The van der Waals surface area contributed by atoms with Gasteiger partial charge in [-0.25, -0.2) is 0 Å². The molecule has 0 aliphatic carbocycles. The molecule has 3 rings (SSSR count). The van der Waals surface area contributed by atoms with E-state index >= 15 is 0 Å². The third kappa shape index (κ3) is 2.33. The fourth-order valence-corrected chi connectivity index (χ4v) is 3.66. The first-order valence-electron chi connectivity index (χ1n) is 6.64. The normalized spacial score (nSPS) is 25.0. The molecular formula is C14H18ClN3S. The highest BCUT2D eigenvalue weighted by Gasteiger charge is 2.27. The van der Waals surface area contributed by atoms with E-state index in [9.17, 15) is 0 Å². The molecule has 0 spiro atoms. The molecule has 0 amide bonds. The highest BCUT2D eigenvalue weighted by atomic mass is 35.5. The Bertz CT molecular complexity index is 660. The van der Waals surface area contributed by atoms with E-state index in [1.165, 1.54) is 0 Å². The maximum Gasteiger partial charge on any atom is 0.178 e. The maximum absolute atomic E-state index is 6.13. The van der Waals surface area contributed by atoms with Crippen molar-refractivity contribution in [3.05, 3.63) is 28.0 Å². The Morgan fingerprint density at radius 2 is 2.21 bits per heavy atom. The monoisotopic (exact) mass is 295 g/mol. The summed E-state index contributed by atoms with van der Waals surface area (Å²) >= 11 is 11.6. The number of aromatic nitrogens is 2. The average Bonchev–Trinajstić information content (AvgIpc) is 2.65. The fourth-order valence-electron chi connectivity index (χ4n) is 3.15. The van der Waals surface area contributed by atoms with Crippen LogP contribution in [0.1, 0.15) is 19.4 Å². The van der Waals surface area contributed by atoms with Gasteiger partial charge in [-0.2, -0.15) is 0 Å². The number of aromatic amines is 1. The predicted molar refractivity (Wildman–Crippen MR) is 82.4 cm³/mol. The van der Waals surface area contributed by atoms with Gasteiger partial charge in [0.15, 0.2) is 4.77 Å². The van der Waals surface area contributed by atoms with E-state index in [2.05, 4.69) is 28.4 Å². The molecule has 19 heavy (non-hydrogen) atoms. The van der Waals surface area contributed by atoms with Crippen LogP contribution in [0.3, 0.4) is 0 Å². The summed E-state index contributed by atoms with van der Waals surface area (Å²) in [6.07, 6.45) is 1.13. The van der Waals surface area contributed by atoms with Crippen LogP contribution in [-0.2, 0) is 0 Å². The highest BCUT2D eigenvalue weighted by Crippen LogP contribution is 2.31. The number of nitrogens with zero attached hydrogens (tertiary/aromatic N) is 2. The van der Waals surface area contributed by atoms with Gasteiger partial charge in [-0.1, -0.05) is 18.5 Å². The van der Waals surface area contributed by atoms with Crippen molar-refractivity contribution in [3.8, 4) is 0 Å². The average molecular weight is 296 g/mol. The summed E-state index contributed by atoms with van der Waals surface area (Å²) < 4.78 is 3.06. The van der Waals surface area contributed by atoms with Gasteiger partial charge in [-0.15, -0.1) is 0 Å². The molecule has 1 saturated heterocycles. The van der Waals surface area contributed by atoms with Crippen LogP contribution in [0.2, 0.25) is 5.02 Å². The molecule has 2 heterocycles. The number of halogens is 1. The van der Waals surface area contributed by atoms with Gasteiger partial charge in [0, 0.05) is 17.6 Å². The topological polar surface area (TPSA) is 24.0 Å². The number of nitrogens with one attached hydrogen (secondary N) is 1. The second-order valence-electron chi connectivity index (χ2n) is 5.56. The first kappa shape index (κ1) is 13.2. The second-order valence-corrected chi connectivity index (χ2v) is 6.38. The van der Waals surface area contributed by atoms with Gasteiger partial charge in [0.2, 0.25) is 0 Å². The van der Waals surface area contributed by atoms with Crippen molar-refractivity contribution < 1.29 is 0 Å². The van der Waals surface area contributed by atoms with Crippen LogP contribution in [0.15, 0.2) is 18.2 Å². The lowest BCUT2D eigenvalue weighted by Crippen LogP contribution is -2.37. The minimum atomic E-state index is 0.455. The summed E-state index contributed by atoms with van der Waals surface area (Å²) in [5, 5.41) is 0.760. The number of rotatable bonds is 1. The van der Waals surface area contributed by atoms with Gasteiger partial charge in [-0.05, 0) is 56.3 Å². The Morgan fingerprint density at radius 3 is 2.95 bits per heavy atom. The van der Waals surface area contributed by atoms with Crippen LogP contribution in [0.25, 0.3) is 11.0 Å². The van der Waals surface area contributed by atoms with E-state index in [-0.39, 0.29) is 0 Å². The van der Waals surface area contributed by atoms with Crippen LogP contribution in [0.5, 0.6) is 0 Å². The van der Waals surface area contributed by atoms with E-state index < -0.39 is 0 Å². The molecule has 5 heteroatoms. The molecule has 2 atom stereocenters. The van der Waals surface area contributed by atoms with Gasteiger partial charge in [0.05, 0.1) is 11.0 Å². The SMILES string of the molecule is CC1CN(C)CCC1n1c(=S)[nH]c2ccc(Cl)cc21.